The summed E-state index contributed by atoms with van der Waals surface area (Å²) in [5.41, 5.74) is 1.59. The normalized spacial score (nSPS) is 12.4. The molecule has 0 aliphatic rings. The first-order valence-corrected chi connectivity index (χ1v) is 7.17. The molecule has 2 nitrogen and oxygen atoms in total. The number of nitrogens with one attached hydrogen (secondary N) is 1. The van der Waals surface area contributed by atoms with Crippen LogP contribution in [0.1, 0.15) is 24.1 Å². The zero-order chi connectivity index (χ0) is 14.5. The number of halogens is 3. The fraction of sp³-hybridized carbons (Fsp3) is 0.267. The third-order valence-electron chi connectivity index (χ3n) is 3.01. The minimum absolute atomic E-state index is 0.110. The number of pyridine rings is 1. The lowest BCUT2D eigenvalue weighted by Crippen LogP contribution is -2.23. The molecule has 0 saturated carbocycles. The minimum Gasteiger partial charge on any atom is -0.310 e. The summed E-state index contributed by atoms with van der Waals surface area (Å²) in [4.78, 5) is 3.87. The van der Waals surface area contributed by atoms with E-state index in [1.165, 1.54) is 24.4 Å². The molecule has 0 amide bonds. The molecule has 0 aliphatic carbocycles. The number of aromatic nitrogens is 1. The molecule has 0 spiro atoms. The highest BCUT2D eigenvalue weighted by molar-refractivity contribution is 9.10. The molecular formula is C15H15BrF2N2. The predicted octanol–water partition coefficient (Wildman–Crippen LogP) is 4.02. The Bertz CT molecular complexity index is 590. The topological polar surface area (TPSA) is 24.9 Å². The molecule has 1 aromatic heterocycles. The lowest BCUT2D eigenvalue weighted by Gasteiger charge is -2.19. The highest BCUT2D eigenvalue weighted by Gasteiger charge is 2.14. The number of benzene rings is 1. The van der Waals surface area contributed by atoms with Crippen molar-refractivity contribution in [1.82, 2.24) is 10.3 Å². The summed E-state index contributed by atoms with van der Waals surface area (Å²) in [5, 5.41) is 3.27. The average Bonchev–Trinajstić information content (AvgIpc) is 2.42. The number of nitrogens with zero attached hydrogens (tertiary/aromatic N) is 1. The quantitative estimate of drug-likeness (QED) is 0.889. The monoisotopic (exact) mass is 340 g/mol. The summed E-state index contributed by atoms with van der Waals surface area (Å²) in [6.45, 7) is 2.70. The molecule has 0 aliphatic heterocycles. The van der Waals surface area contributed by atoms with Crippen LogP contribution in [0.3, 0.4) is 0 Å². The van der Waals surface area contributed by atoms with Crippen molar-refractivity contribution in [2.24, 2.45) is 0 Å². The van der Waals surface area contributed by atoms with Crippen LogP contribution in [0.5, 0.6) is 0 Å². The highest BCUT2D eigenvalue weighted by atomic mass is 79.9. The van der Waals surface area contributed by atoms with Crippen molar-refractivity contribution in [3.8, 4) is 0 Å². The Hall–Kier alpha value is -1.33. The molecule has 1 atom stereocenters. The van der Waals surface area contributed by atoms with Crippen molar-refractivity contribution < 1.29 is 8.78 Å². The van der Waals surface area contributed by atoms with E-state index in [9.17, 15) is 8.78 Å². The second-order valence-electron chi connectivity index (χ2n) is 4.49. The van der Waals surface area contributed by atoms with Gasteiger partial charge in [-0.05, 0) is 48.4 Å². The summed E-state index contributed by atoms with van der Waals surface area (Å²) < 4.78 is 27.5. The first kappa shape index (κ1) is 15.1. The average molecular weight is 341 g/mol. The predicted molar refractivity (Wildman–Crippen MR) is 78.4 cm³/mol. The Morgan fingerprint density at radius 1 is 1.20 bits per heavy atom. The van der Waals surface area contributed by atoms with Gasteiger partial charge in [0.2, 0.25) is 0 Å². The van der Waals surface area contributed by atoms with Gasteiger partial charge in [0, 0.05) is 16.7 Å². The van der Waals surface area contributed by atoms with Crippen LogP contribution in [0.25, 0.3) is 0 Å². The van der Waals surface area contributed by atoms with Gasteiger partial charge in [-0.25, -0.2) is 8.78 Å². The Balaban J connectivity index is 2.27. The summed E-state index contributed by atoms with van der Waals surface area (Å²) in [6.07, 6.45) is 3.35. The fourth-order valence-corrected chi connectivity index (χ4v) is 2.50. The standard InChI is InChI=1S/C15H15BrF2N2/c1-2-20-15(11-6-13(18)9-19-8-11)7-10-5-12(17)3-4-14(10)16/h3-6,8-9,15,20H,2,7H2,1H3. The fourth-order valence-electron chi connectivity index (χ4n) is 2.09. The molecule has 2 aromatic rings. The molecule has 1 aromatic carbocycles. The van der Waals surface area contributed by atoms with E-state index < -0.39 is 0 Å². The second kappa shape index (κ2) is 6.90. The number of rotatable bonds is 5. The van der Waals surface area contributed by atoms with Crippen molar-refractivity contribution in [2.45, 2.75) is 19.4 Å². The Kier molecular flexibility index (Phi) is 5.20. The van der Waals surface area contributed by atoms with Crippen LogP contribution < -0.4 is 5.32 Å². The third kappa shape index (κ3) is 3.84. The molecule has 106 valence electrons. The molecule has 1 N–H and O–H groups in total. The second-order valence-corrected chi connectivity index (χ2v) is 5.34. The van der Waals surface area contributed by atoms with E-state index in [1.54, 1.807) is 12.3 Å². The zero-order valence-electron chi connectivity index (χ0n) is 11.0. The largest absolute Gasteiger partial charge is 0.310 e. The maximum atomic E-state index is 13.3. The van der Waals surface area contributed by atoms with Gasteiger partial charge in [0.05, 0.1) is 6.20 Å². The third-order valence-corrected chi connectivity index (χ3v) is 3.78. The summed E-state index contributed by atoms with van der Waals surface area (Å²) in [5.74, 6) is -0.653. The van der Waals surface area contributed by atoms with E-state index in [4.69, 9.17) is 0 Å². The van der Waals surface area contributed by atoms with Gasteiger partial charge in [-0.2, -0.15) is 0 Å². The molecule has 2 rings (SSSR count). The highest BCUT2D eigenvalue weighted by Crippen LogP contribution is 2.24. The van der Waals surface area contributed by atoms with Crippen LogP contribution >= 0.6 is 15.9 Å². The van der Waals surface area contributed by atoms with Crippen molar-refractivity contribution >= 4 is 15.9 Å². The molecular weight excluding hydrogens is 326 g/mol. The van der Waals surface area contributed by atoms with E-state index >= 15 is 0 Å². The van der Waals surface area contributed by atoms with Crippen molar-refractivity contribution in [1.29, 1.82) is 0 Å². The van der Waals surface area contributed by atoms with Crippen LogP contribution in [-0.4, -0.2) is 11.5 Å². The van der Waals surface area contributed by atoms with Gasteiger partial charge >= 0.3 is 0 Å². The summed E-state index contributed by atoms with van der Waals surface area (Å²) in [7, 11) is 0. The Labute approximate surface area is 125 Å². The smallest absolute Gasteiger partial charge is 0.141 e. The maximum Gasteiger partial charge on any atom is 0.141 e. The molecule has 20 heavy (non-hydrogen) atoms. The molecule has 5 heteroatoms. The van der Waals surface area contributed by atoms with Crippen LogP contribution in [0, 0.1) is 11.6 Å². The van der Waals surface area contributed by atoms with Crippen LogP contribution in [0.15, 0.2) is 41.1 Å². The van der Waals surface area contributed by atoms with Crippen LogP contribution in [0.2, 0.25) is 0 Å². The van der Waals surface area contributed by atoms with Gasteiger partial charge in [-0.1, -0.05) is 22.9 Å². The van der Waals surface area contributed by atoms with Gasteiger partial charge in [0.15, 0.2) is 0 Å². The number of hydrogen-bond donors (Lipinski definition) is 1. The van der Waals surface area contributed by atoms with Gasteiger partial charge in [-0.15, -0.1) is 0 Å². The summed E-state index contributed by atoms with van der Waals surface area (Å²) >= 11 is 3.41. The Morgan fingerprint density at radius 3 is 2.70 bits per heavy atom. The lowest BCUT2D eigenvalue weighted by molar-refractivity contribution is 0.536. The van der Waals surface area contributed by atoms with Crippen LogP contribution in [-0.2, 0) is 6.42 Å². The first-order valence-electron chi connectivity index (χ1n) is 6.38. The molecule has 1 unspecified atom stereocenters. The maximum absolute atomic E-state index is 13.3. The van der Waals surface area contributed by atoms with Crippen molar-refractivity contribution in [3.05, 3.63) is 63.9 Å². The molecule has 0 fully saturated rings. The minimum atomic E-state index is -0.372. The van der Waals surface area contributed by atoms with E-state index in [0.717, 1.165) is 22.1 Å². The van der Waals surface area contributed by atoms with E-state index in [0.29, 0.717) is 6.42 Å². The number of hydrogen-bond acceptors (Lipinski definition) is 2. The van der Waals surface area contributed by atoms with Crippen molar-refractivity contribution in [2.75, 3.05) is 6.54 Å². The van der Waals surface area contributed by atoms with Gasteiger partial charge in [0.25, 0.3) is 0 Å². The lowest BCUT2D eigenvalue weighted by atomic mass is 10.00. The first-order chi connectivity index (χ1) is 9.60. The van der Waals surface area contributed by atoms with E-state index in [-0.39, 0.29) is 17.7 Å². The van der Waals surface area contributed by atoms with Gasteiger partial charge in [0.1, 0.15) is 11.6 Å². The number of likely N-dealkylation sites (N-methyl/N-ethyl adjacent to an activating group) is 1. The van der Waals surface area contributed by atoms with E-state index in [2.05, 4.69) is 26.2 Å². The zero-order valence-corrected chi connectivity index (χ0v) is 12.6. The van der Waals surface area contributed by atoms with Gasteiger partial charge in [-0.3, -0.25) is 4.98 Å². The molecule has 0 radical (unpaired) electrons. The summed E-state index contributed by atoms with van der Waals surface area (Å²) in [6, 6.07) is 5.91. The molecule has 0 bridgehead atoms. The SMILES string of the molecule is CCNC(Cc1cc(F)ccc1Br)c1cncc(F)c1. The van der Waals surface area contributed by atoms with Crippen molar-refractivity contribution in [3.63, 3.8) is 0 Å². The van der Waals surface area contributed by atoms with Gasteiger partial charge < -0.3 is 5.32 Å². The molecule has 1 heterocycles. The molecule has 0 saturated heterocycles. The Morgan fingerprint density at radius 2 is 2.00 bits per heavy atom. The van der Waals surface area contributed by atoms with Crippen LogP contribution in [0.4, 0.5) is 8.78 Å². The van der Waals surface area contributed by atoms with E-state index in [1.807, 2.05) is 6.92 Å².